The molecule has 2 saturated carbocycles. The van der Waals surface area contributed by atoms with Crippen molar-refractivity contribution in [2.24, 2.45) is 11.8 Å². The first-order valence-electron chi connectivity index (χ1n) is 10.5. The minimum Gasteiger partial charge on any atom is -0.508 e. The molecule has 3 unspecified atom stereocenters. The molecule has 26 heavy (non-hydrogen) atoms. The van der Waals surface area contributed by atoms with Crippen LogP contribution in [-0.4, -0.2) is 47.0 Å². The molecule has 142 valence electrons. The predicted molar refractivity (Wildman–Crippen MR) is 101 cm³/mol. The molecule has 1 heterocycles. The Bertz CT molecular complexity index is 716. The van der Waals surface area contributed by atoms with Crippen LogP contribution in [0.4, 0.5) is 0 Å². The Morgan fingerprint density at radius 3 is 2.77 bits per heavy atom. The van der Waals surface area contributed by atoms with Gasteiger partial charge in [0.2, 0.25) is 0 Å². The van der Waals surface area contributed by atoms with Crippen LogP contribution < -0.4 is 4.74 Å². The molecule has 0 bridgehead atoms. The lowest BCUT2D eigenvalue weighted by molar-refractivity contribution is -0.0781. The van der Waals surface area contributed by atoms with E-state index in [-0.39, 0.29) is 11.5 Å². The summed E-state index contributed by atoms with van der Waals surface area (Å²) in [5.74, 6) is 2.67. The van der Waals surface area contributed by atoms with Crippen LogP contribution in [0.1, 0.15) is 56.6 Å². The van der Waals surface area contributed by atoms with Crippen molar-refractivity contribution < 1.29 is 14.9 Å². The van der Waals surface area contributed by atoms with E-state index in [1.165, 1.54) is 18.4 Å². The number of phenolic OH excluding ortho intramolecular Hbond substituents is 1. The monoisotopic (exact) mass is 357 g/mol. The highest BCUT2D eigenvalue weighted by Crippen LogP contribution is 2.62. The molecule has 4 heteroatoms. The second-order valence-electron chi connectivity index (χ2n) is 9.17. The average Bonchev–Trinajstić information content (AvgIpc) is 3.36. The van der Waals surface area contributed by atoms with Crippen molar-refractivity contribution in [1.82, 2.24) is 4.90 Å². The fourth-order valence-corrected chi connectivity index (χ4v) is 6.45. The highest BCUT2D eigenvalue weighted by molar-refractivity contribution is 5.59. The molecule has 0 spiro atoms. The molecule has 1 aromatic carbocycles. The van der Waals surface area contributed by atoms with Crippen LogP contribution in [0.5, 0.6) is 11.5 Å². The number of aliphatic hydroxyl groups is 1. The van der Waals surface area contributed by atoms with E-state index >= 15 is 0 Å². The largest absolute Gasteiger partial charge is 0.508 e. The lowest BCUT2D eigenvalue weighted by atomic mass is 9.52. The number of hydrogen-bond acceptors (Lipinski definition) is 4. The van der Waals surface area contributed by atoms with Gasteiger partial charge < -0.3 is 19.8 Å². The summed E-state index contributed by atoms with van der Waals surface area (Å²) in [5.41, 5.74) is 2.16. The summed E-state index contributed by atoms with van der Waals surface area (Å²) in [7, 11) is 2.27. The number of aliphatic hydroxyl groups excluding tert-OH is 1. The van der Waals surface area contributed by atoms with Crippen LogP contribution >= 0.6 is 0 Å². The first kappa shape index (κ1) is 16.9. The van der Waals surface area contributed by atoms with E-state index in [0.29, 0.717) is 17.7 Å². The van der Waals surface area contributed by atoms with Crippen LogP contribution in [-0.2, 0) is 11.8 Å². The van der Waals surface area contributed by atoms with Crippen molar-refractivity contribution in [3.05, 3.63) is 23.3 Å². The topological polar surface area (TPSA) is 52.9 Å². The van der Waals surface area contributed by atoms with Crippen LogP contribution in [0.25, 0.3) is 0 Å². The third kappa shape index (κ3) is 2.21. The van der Waals surface area contributed by atoms with Gasteiger partial charge >= 0.3 is 0 Å². The van der Waals surface area contributed by atoms with Gasteiger partial charge in [-0.25, -0.2) is 0 Å². The van der Waals surface area contributed by atoms with Gasteiger partial charge in [0.1, 0.15) is 17.6 Å². The highest BCUT2D eigenvalue weighted by atomic mass is 16.5. The van der Waals surface area contributed by atoms with Crippen LogP contribution in [0.3, 0.4) is 0 Å². The molecule has 0 radical (unpaired) electrons. The summed E-state index contributed by atoms with van der Waals surface area (Å²) in [6, 6.07) is 4.13. The summed E-state index contributed by atoms with van der Waals surface area (Å²) < 4.78 is 6.37. The van der Waals surface area contributed by atoms with Crippen molar-refractivity contribution in [3.8, 4) is 11.5 Å². The number of benzene rings is 1. The maximum absolute atomic E-state index is 10.8. The van der Waals surface area contributed by atoms with E-state index < -0.39 is 6.10 Å². The zero-order valence-corrected chi connectivity index (χ0v) is 15.9. The Balaban J connectivity index is 1.65. The quantitative estimate of drug-likeness (QED) is 0.849. The van der Waals surface area contributed by atoms with E-state index in [1.807, 2.05) is 6.07 Å². The van der Waals surface area contributed by atoms with Gasteiger partial charge in [0, 0.05) is 29.1 Å². The molecule has 0 aromatic heterocycles. The van der Waals surface area contributed by atoms with Crippen molar-refractivity contribution in [2.45, 2.75) is 75.5 Å². The standard InChI is InChI=1S/C22H31NO3/c1-3-10-22-15-6-7-18(25)21(22)26-19-9-8-17(24)14(20(19)22)11-16(15)23(2)12-13-4-5-13/h8-9,13,15-16,18,21,24-25H,3-7,10-12H2,1-2H3/t15?,16?,18?,21-,22+/m1/s1. The van der Waals surface area contributed by atoms with Crippen LogP contribution in [0.15, 0.2) is 12.1 Å². The fraction of sp³-hybridized carbons (Fsp3) is 0.727. The fourth-order valence-electron chi connectivity index (χ4n) is 6.45. The summed E-state index contributed by atoms with van der Waals surface area (Å²) >= 11 is 0. The Labute approximate surface area is 156 Å². The molecule has 0 amide bonds. The smallest absolute Gasteiger partial charge is 0.135 e. The van der Waals surface area contributed by atoms with E-state index in [9.17, 15) is 10.2 Å². The Hall–Kier alpha value is -1.26. The average molecular weight is 357 g/mol. The molecular formula is C22H31NO3. The SMILES string of the molecule is CCC[C@@]12c3c4ccc(O)c3CC(N(C)CC3CC3)C1CCC(O)[C@H]2O4. The number of aromatic hydroxyl groups is 1. The van der Waals surface area contributed by atoms with E-state index in [2.05, 4.69) is 18.9 Å². The molecule has 5 rings (SSSR count). The van der Waals surface area contributed by atoms with Gasteiger partial charge in [0.25, 0.3) is 0 Å². The zero-order chi connectivity index (χ0) is 18.1. The number of ether oxygens (including phenoxy) is 1. The molecular weight excluding hydrogens is 326 g/mol. The second-order valence-corrected chi connectivity index (χ2v) is 9.17. The summed E-state index contributed by atoms with van der Waals surface area (Å²) in [5, 5.41) is 21.5. The third-order valence-corrected chi connectivity index (χ3v) is 7.61. The molecule has 2 N–H and O–H groups in total. The van der Waals surface area contributed by atoms with Crippen LogP contribution in [0.2, 0.25) is 0 Å². The summed E-state index contributed by atoms with van der Waals surface area (Å²) in [6.07, 6.45) is 7.02. The first-order chi connectivity index (χ1) is 12.6. The Kier molecular flexibility index (Phi) is 3.81. The number of phenols is 1. The number of likely N-dealkylation sites (N-methyl/N-ethyl adjacent to an activating group) is 1. The third-order valence-electron chi connectivity index (χ3n) is 7.61. The molecule has 4 aliphatic rings. The van der Waals surface area contributed by atoms with E-state index in [4.69, 9.17) is 4.74 Å². The van der Waals surface area contributed by atoms with Crippen molar-refractivity contribution in [1.29, 1.82) is 0 Å². The molecule has 1 aromatic rings. The number of rotatable bonds is 5. The van der Waals surface area contributed by atoms with Gasteiger partial charge in [-0.05, 0) is 69.5 Å². The molecule has 3 aliphatic carbocycles. The van der Waals surface area contributed by atoms with Crippen LogP contribution in [0, 0.1) is 11.8 Å². The Morgan fingerprint density at radius 2 is 2.04 bits per heavy atom. The minimum absolute atomic E-state index is 0.142. The van der Waals surface area contributed by atoms with Gasteiger partial charge in [0.05, 0.1) is 6.10 Å². The van der Waals surface area contributed by atoms with E-state index in [1.54, 1.807) is 6.07 Å². The molecule has 1 aliphatic heterocycles. The minimum atomic E-state index is -0.410. The van der Waals surface area contributed by atoms with Crippen molar-refractivity contribution in [2.75, 3.05) is 13.6 Å². The molecule has 4 nitrogen and oxygen atoms in total. The van der Waals surface area contributed by atoms with Gasteiger partial charge in [-0.3, -0.25) is 0 Å². The van der Waals surface area contributed by atoms with Crippen molar-refractivity contribution >= 4 is 0 Å². The lowest BCUT2D eigenvalue weighted by Gasteiger charge is -2.54. The predicted octanol–water partition coefficient (Wildman–Crippen LogP) is 3.23. The highest BCUT2D eigenvalue weighted by Gasteiger charge is 2.63. The summed E-state index contributed by atoms with van der Waals surface area (Å²) in [6.45, 7) is 3.39. The van der Waals surface area contributed by atoms with Gasteiger partial charge in [-0.2, -0.15) is 0 Å². The zero-order valence-electron chi connectivity index (χ0n) is 15.9. The maximum Gasteiger partial charge on any atom is 0.135 e. The lowest BCUT2D eigenvalue weighted by Crippen LogP contribution is -2.62. The van der Waals surface area contributed by atoms with Gasteiger partial charge in [0.15, 0.2) is 0 Å². The first-order valence-corrected chi connectivity index (χ1v) is 10.5. The molecule has 2 fully saturated rings. The number of nitrogens with zero attached hydrogens (tertiary/aromatic N) is 1. The molecule has 5 atom stereocenters. The normalized spacial score (nSPS) is 37.5. The van der Waals surface area contributed by atoms with Gasteiger partial charge in [-0.15, -0.1) is 0 Å². The summed E-state index contributed by atoms with van der Waals surface area (Å²) in [4.78, 5) is 2.56. The van der Waals surface area contributed by atoms with E-state index in [0.717, 1.165) is 55.9 Å². The number of hydrogen-bond donors (Lipinski definition) is 2. The molecule has 0 saturated heterocycles. The van der Waals surface area contributed by atoms with Crippen molar-refractivity contribution in [3.63, 3.8) is 0 Å². The second kappa shape index (κ2) is 5.87. The Morgan fingerprint density at radius 1 is 1.23 bits per heavy atom. The van der Waals surface area contributed by atoms with Gasteiger partial charge in [-0.1, -0.05) is 13.3 Å². The maximum atomic E-state index is 10.8.